The minimum atomic E-state index is -0.595. The number of aliphatic hydroxyl groups is 1. The average molecular weight is 269 g/mol. The molecule has 0 heterocycles. The van der Waals surface area contributed by atoms with Crippen LogP contribution in [0.4, 0.5) is 0 Å². The first-order valence-electron chi connectivity index (χ1n) is 7.17. The first-order valence-corrected chi connectivity index (χ1v) is 7.17. The third kappa shape index (κ3) is 3.69. The van der Waals surface area contributed by atoms with Crippen LogP contribution >= 0.6 is 0 Å². The van der Waals surface area contributed by atoms with Crippen LogP contribution in [-0.4, -0.2) is 11.1 Å². The fourth-order valence-electron chi connectivity index (χ4n) is 2.42. The van der Waals surface area contributed by atoms with E-state index >= 15 is 0 Å². The Hall–Kier alpha value is -1.64. The van der Waals surface area contributed by atoms with Gasteiger partial charge in [-0.25, -0.2) is 0 Å². The summed E-state index contributed by atoms with van der Waals surface area (Å²) in [5, 5.41) is 10.3. The van der Waals surface area contributed by atoms with E-state index in [1.807, 2.05) is 42.5 Å². The van der Waals surface area contributed by atoms with Gasteiger partial charge in [0.15, 0.2) is 0 Å². The largest absolute Gasteiger partial charge is 0.387 e. The van der Waals surface area contributed by atoms with E-state index in [9.17, 15) is 5.11 Å². The molecule has 2 heteroatoms. The average Bonchev–Trinajstić information content (AvgIpc) is 2.47. The van der Waals surface area contributed by atoms with Crippen LogP contribution in [-0.2, 0) is 0 Å². The van der Waals surface area contributed by atoms with Crippen molar-refractivity contribution < 1.29 is 5.11 Å². The fraction of sp³-hybridized carbons (Fsp3) is 0.333. The van der Waals surface area contributed by atoms with Crippen molar-refractivity contribution in [3.63, 3.8) is 0 Å². The van der Waals surface area contributed by atoms with Gasteiger partial charge in [0.1, 0.15) is 0 Å². The number of nitrogens with two attached hydrogens (primary N) is 1. The van der Waals surface area contributed by atoms with E-state index in [4.69, 9.17) is 5.73 Å². The van der Waals surface area contributed by atoms with Crippen LogP contribution in [0.5, 0.6) is 0 Å². The van der Waals surface area contributed by atoms with E-state index in [0.717, 1.165) is 17.5 Å². The Labute approximate surface area is 121 Å². The van der Waals surface area contributed by atoms with E-state index < -0.39 is 6.10 Å². The highest BCUT2D eigenvalue weighted by atomic mass is 16.3. The van der Waals surface area contributed by atoms with Gasteiger partial charge >= 0.3 is 0 Å². The van der Waals surface area contributed by atoms with Gasteiger partial charge in [-0.2, -0.15) is 0 Å². The van der Waals surface area contributed by atoms with Gasteiger partial charge in [0.05, 0.1) is 6.10 Å². The lowest BCUT2D eigenvalue weighted by molar-refractivity contribution is 0.136. The van der Waals surface area contributed by atoms with Gasteiger partial charge in [0, 0.05) is 6.04 Å². The Morgan fingerprint density at radius 2 is 1.45 bits per heavy atom. The van der Waals surface area contributed by atoms with Gasteiger partial charge in [-0.05, 0) is 29.0 Å². The van der Waals surface area contributed by atoms with Gasteiger partial charge in [-0.3, -0.25) is 0 Å². The van der Waals surface area contributed by atoms with E-state index in [-0.39, 0.29) is 6.04 Å². The molecule has 0 fully saturated rings. The predicted octanol–water partition coefficient (Wildman–Crippen LogP) is 3.76. The first kappa shape index (κ1) is 14.8. The second-order valence-electron chi connectivity index (χ2n) is 5.73. The summed E-state index contributed by atoms with van der Waals surface area (Å²) in [6.07, 6.45) is 0.226. The maximum absolute atomic E-state index is 10.3. The molecule has 0 saturated heterocycles. The normalized spacial score (nSPS) is 14.2. The Bertz CT molecular complexity index is 519. The molecule has 20 heavy (non-hydrogen) atoms. The van der Waals surface area contributed by atoms with Crippen molar-refractivity contribution in [2.45, 2.75) is 32.4 Å². The standard InChI is InChI=1S/C18H23NO/c1-13(2)12-17(19)18(20)16-10-8-15(9-11-16)14-6-4-3-5-7-14/h3-11,13,17-18,20H,12,19H2,1-2H3. The van der Waals surface area contributed by atoms with E-state index in [2.05, 4.69) is 26.0 Å². The zero-order valence-corrected chi connectivity index (χ0v) is 12.2. The quantitative estimate of drug-likeness (QED) is 0.868. The molecule has 0 aliphatic carbocycles. The van der Waals surface area contributed by atoms with Crippen molar-refractivity contribution >= 4 is 0 Å². The Morgan fingerprint density at radius 3 is 2.00 bits per heavy atom. The van der Waals surface area contributed by atoms with Gasteiger partial charge in [0.25, 0.3) is 0 Å². The SMILES string of the molecule is CC(C)CC(N)C(O)c1ccc(-c2ccccc2)cc1. The Balaban J connectivity index is 2.12. The molecular weight excluding hydrogens is 246 g/mol. The summed E-state index contributed by atoms with van der Waals surface area (Å²) in [7, 11) is 0. The molecule has 0 aromatic heterocycles. The molecule has 0 aliphatic heterocycles. The predicted molar refractivity (Wildman–Crippen MR) is 84.3 cm³/mol. The highest BCUT2D eigenvalue weighted by Gasteiger charge is 2.17. The van der Waals surface area contributed by atoms with Crippen molar-refractivity contribution in [1.82, 2.24) is 0 Å². The highest BCUT2D eigenvalue weighted by molar-refractivity contribution is 5.63. The topological polar surface area (TPSA) is 46.2 Å². The van der Waals surface area contributed by atoms with Gasteiger partial charge in [0.2, 0.25) is 0 Å². The third-order valence-corrected chi connectivity index (χ3v) is 3.51. The summed E-state index contributed by atoms with van der Waals surface area (Å²) in [4.78, 5) is 0. The Morgan fingerprint density at radius 1 is 0.900 bits per heavy atom. The van der Waals surface area contributed by atoms with Crippen molar-refractivity contribution in [3.05, 3.63) is 60.2 Å². The molecule has 2 rings (SSSR count). The lowest BCUT2D eigenvalue weighted by Crippen LogP contribution is -2.29. The summed E-state index contributed by atoms with van der Waals surface area (Å²) in [5.74, 6) is 0.489. The van der Waals surface area contributed by atoms with Crippen LogP contribution in [0.15, 0.2) is 54.6 Å². The zero-order chi connectivity index (χ0) is 14.5. The molecule has 3 N–H and O–H groups in total. The maximum atomic E-state index is 10.3. The van der Waals surface area contributed by atoms with E-state index in [0.29, 0.717) is 5.92 Å². The minimum absolute atomic E-state index is 0.211. The molecule has 0 radical (unpaired) electrons. The molecule has 2 aromatic rings. The summed E-state index contributed by atoms with van der Waals surface area (Å²) in [6, 6.07) is 18.0. The zero-order valence-electron chi connectivity index (χ0n) is 12.2. The number of benzene rings is 2. The van der Waals surface area contributed by atoms with E-state index in [1.54, 1.807) is 0 Å². The van der Waals surface area contributed by atoms with Crippen LogP contribution < -0.4 is 5.73 Å². The number of hydrogen-bond donors (Lipinski definition) is 2. The third-order valence-electron chi connectivity index (χ3n) is 3.51. The molecule has 2 atom stereocenters. The van der Waals surface area contributed by atoms with Crippen LogP contribution in [0.25, 0.3) is 11.1 Å². The van der Waals surface area contributed by atoms with Crippen LogP contribution in [0.1, 0.15) is 31.9 Å². The fourth-order valence-corrected chi connectivity index (χ4v) is 2.42. The number of rotatable bonds is 5. The highest BCUT2D eigenvalue weighted by Crippen LogP contribution is 2.24. The lowest BCUT2D eigenvalue weighted by Gasteiger charge is -2.21. The molecule has 0 saturated carbocycles. The number of aliphatic hydroxyl groups excluding tert-OH is 1. The second-order valence-corrected chi connectivity index (χ2v) is 5.73. The number of hydrogen-bond acceptors (Lipinski definition) is 2. The summed E-state index contributed by atoms with van der Waals surface area (Å²) in [5.41, 5.74) is 9.27. The molecule has 0 spiro atoms. The molecule has 0 aliphatic rings. The van der Waals surface area contributed by atoms with Crippen molar-refractivity contribution in [2.24, 2.45) is 11.7 Å². The first-order chi connectivity index (χ1) is 9.58. The van der Waals surface area contributed by atoms with Crippen molar-refractivity contribution in [1.29, 1.82) is 0 Å². The maximum Gasteiger partial charge on any atom is 0.0940 e. The summed E-state index contributed by atoms with van der Waals surface area (Å²) < 4.78 is 0. The van der Waals surface area contributed by atoms with Gasteiger partial charge in [-0.1, -0.05) is 68.4 Å². The van der Waals surface area contributed by atoms with E-state index in [1.165, 1.54) is 5.56 Å². The van der Waals surface area contributed by atoms with Crippen LogP contribution in [0, 0.1) is 5.92 Å². The van der Waals surface area contributed by atoms with Crippen LogP contribution in [0.2, 0.25) is 0 Å². The Kier molecular flexibility index (Phi) is 4.94. The van der Waals surface area contributed by atoms with Gasteiger partial charge in [-0.15, -0.1) is 0 Å². The molecular formula is C18H23NO. The van der Waals surface area contributed by atoms with Gasteiger partial charge < -0.3 is 10.8 Å². The summed E-state index contributed by atoms with van der Waals surface area (Å²) >= 11 is 0. The molecule has 0 amide bonds. The monoisotopic (exact) mass is 269 g/mol. The molecule has 2 unspecified atom stereocenters. The smallest absolute Gasteiger partial charge is 0.0940 e. The minimum Gasteiger partial charge on any atom is -0.387 e. The molecule has 2 aromatic carbocycles. The molecule has 2 nitrogen and oxygen atoms in total. The molecule has 106 valence electrons. The van der Waals surface area contributed by atoms with Crippen molar-refractivity contribution in [3.8, 4) is 11.1 Å². The van der Waals surface area contributed by atoms with Crippen LogP contribution in [0.3, 0.4) is 0 Å². The van der Waals surface area contributed by atoms with Crippen molar-refractivity contribution in [2.75, 3.05) is 0 Å². The lowest BCUT2D eigenvalue weighted by atomic mass is 9.94. The second kappa shape index (κ2) is 6.69. The molecule has 0 bridgehead atoms. The summed E-state index contributed by atoms with van der Waals surface area (Å²) in [6.45, 7) is 4.23.